The van der Waals surface area contributed by atoms with E-state index in [9.17, 15) is 24.0 Å². The molecule has 0 saturated carbocycles. The zero-order chi connectivity index (χ0) is 29.2. The predicted molar refractivity (Wildman–Crippen MR) is 129 cm³/mol. The van der Waals surface area contributed by atoms with Crippen LogP contribution in [0.1, 0.15) is 40.2 Å². The van der Waals surface area contributed by atoms with E-state index in [-0.39, 0.29) is 19.6 Å². The second-order valence-electron chi connectivity index (χ2n) is 8.27. The number of esters is 5. The molecule has 0 bridgehead atoms. The third-order valence-corrected chi connectivity index (χ3v) is 5.45. The van der Waals surface area contributed by atoms with Gasteiger partial charge in [-0.3, -0.25) is 19.4 Å². The summed E-state index contributed by atoms with van der Waals surface area (Å²) in [6.45, 7) is 5.37. The average molecular weight is 550 g/mol. The van der Waals surface area contributed by atoms with Gasteiger partial charge in [0.05, 0.1) is 19.8 Å². The van der Waals surface area contributed by atoms with Crippen molar-refractivity contribution in [3.63, 3.8) is 0 Å². The van der Waals surface area contributed by atoms with E-state index >= 15 is 0 Å². The Kier molecular flexibility index (Phi) is 10.9. The molecule has 2 rings (SSSR count). The fourth-order valence-electron chi connectivity index (χ4n) is 3.92. The molecule has 0 N–H and O–H groups in total. The van der Waals surface area contributed by atoms with E-state index in [4.69, 9.17) is 39.6 Å². The van der Waals surface area contributed by atoms with Gasteiger partial charge in [0.25, 0.3) is 5.60 Å². The molecular formula is C26H31NO12. The molecule has 1 aromatic rings. The van der Waals surface area contributed by atoms with Gasteiger partial charge in [-0.2, -0.15) is 0 Å². The van der Waals surface area contributed by atoms with E-state index in [2.05, 4.69) is 10.9 Å². The van der Waals surface area contributed by atoms with Crippen molar-refractivity contribution in [2.75, 3.05) is 19.8 Å². The van der Waals surface area contributed by atoms with Gasteiger partial charge in [-0.1, -0.05) is 5.92 Å². The zero-order valence-electron chi connectivity index (χ0n) is 22.3. The second-order valence-corrected chi connectivity index (χ2v) is 8.27. The molecule has 1 aliphatic rings. The van der Waals surface area contributed by atoms with Crippen molar-refractivity contribution in [3.8, 4) is 12.3 Å². The first-order valence-corrected chi connectivity index (χ1v) is 12.0. The molecule has 0 spiro atoms. The number of hydrogen-bond donors (Lipinski definition) is 0. The summed E-state index contributed by atoms with van der Waals surface area (Å²) in [6.07, 6.45) is 3.60. The van der Waals surface area contributed by atoms with Gasteiger partial charge >= 0.3 is 29.8 Å². The number of pyridine rings is 1. The molecule has 0 amide bonds. The molecule has 1 unspecified atom stereocenters. The summed E-state index contributed by atoms with van der Waals surface area (Å²) < 4.78 is 37.8. The summed E-state index contributed by atoms with van der Waals surface area (Å²) in [4.78, 5) is 66.1. The lowest BCUT2D eigenvalue weighted by molar-refractivity contribution is -0.206. The van der Waals surface area contributed by atoms with Crippen LogP contribution in [0.5, 0.6) is 0 Å². The zero-order valence-corrected chi connectivity index (χ0v) is 22.3. The molecule has 4 atom stereocenters. The molecule has 2 heterocycles. The summed E-state index contributed by atoms with van der Waals surface area (Å²) in [7, 11) is 0. The van der Waals surface area contributed by atoms with E-state index in [1.165, 1.54) is 26.2 Å². The minimum absolute atomic E-state index is 0.0928. The van der Waals surface area contributed by atoms with Crippen LogP contribution < -0.4 is 0 Å². The summed E-state index contributed by atoms with van der Waals surface area (Å²) in [5, 5.41) is 0. The maximum atomic E-state index is 13.3. The quantitative estimate of drug-likeness (QED) is 0.155. The van der Waals surface area contributed by atoms with Gasteiger partial charge in [-0.05, 0) is 31.5 Å². The van der Waals surface area contributed by atoms with Crippen molar-refractivity contribution in [2.24, 2.45) is 0 Å². The first kappa shape index (κ1) is 31.2. The minimum atomic E-state index is -2.36. The van der Waals surface area contributed by atoms with E-state index in [1.807, 2.05) is 0 Å². The van der Waals surface area contributed by atoms with Gasteiger partial charge < -0.3 is 33.2 Å². The number of hydrogen-bond acceptors (Lipinski definition) is 13. The predicted octanol–water partition coefficient (Wildman–Crippen LogP) is 0.661. The number of rotatable bonds is 12. The van der Waals surface area contributed by atoms with Gasteiger partial charge in [-0.25, -0.2) is 9.59 Å². The lowest BCUT2D eigenvalue weighted by Gasteiger charge is -2.34. The molecule has 13 nitrogen and oxygen atoms in total. The standard InChI is InChI=1S/C26H31NO12/c1-7-25(39-18(6)30)20(38-22(37-17(5)29)21(25)36-16(4)28)15-35-26(23(31)33-8-2,24(32)34-9-3)14-19-10-12-27-13-11-19/h1,10-13,20-22H,8-9,14-15H2,2-6H3/t20-,21+,22?,25-/m1/s1. The Balaban J connectivity index is 2.59. The van der Waals surface area contributed by atoms with Crippen molar-refractivity contribution in [2.45, 2.75) is 70.7 Å². The molecule has 1 aromatic heterocycles. The minimum Gasteiger partial charge on any atom is -0.463 e. The number of carbonyl (C=O) groups is 5. The van der Waals surface area contributed by atoms with Crippen LogP contribution in [0.2, 0.25) is 0 Å². The number of ether oxygens (including phenoxy) is 7. The summed E-state index contributed by atoms with van der Waals surface area (Å²) in [6, 6.07) is 3.11. The Hall–Kier alpha value is -4.02. The number of terminal acetylenes is 1. The second kappa shape index (κ2) is 13.7. The van der Waals surface area contributed by atoms with Crippen LogP contribution in [0.3, 0.4) is 0 Å². The van der Waals surface area contributed by atoms with E-state index in [1.54, 1.807) is 12.1 Å². The summed E-state index contributed by atoms with van der Waals surface area (Å²) in [5.74, 6) is -2.43. The lowest BCUT2D eigenvalue weighted by Crippen LogP contribution is -2.57. The van der Waals surface area contributed by atoms with E-state index in [0.717, 1.165) is 20.8 Å². The van der Waals surface area contributed by atoms with Crippen molar-refractivity contribution in [1.82, 2.24) is 4.98 Å². The Morgan fingerprint density at radius 3 is 2.00 bits per heavy atom. The maximum Gasteiger partial charge on any atom is 0.350 e. The molecule has 39 heavy (non-hydrogen) atoms. The highest BCUT2D eigenvalue weighted by molar-refractivity contribution is 6.04. The first-order chi connectivity index (χ1) is 18.4. The lowest BCUT2D eigenvalue weighted by atomic mass is 9.91. The highest BCUT2D eigenvalue weighted by atomic mass is 16.8. The molecule has 212 valence electrons. The fraction of sp³-hybridized carbons (Fsp3) is 0.538. The molecule has 13 heteroatoms. The number of nitrogens with zero attached hydrogens (tertiary/aromatic N) is 1. The van der Waals surface area contributed by atoms with Crippen molar-refractivity contribution < 1.29 is 57.1 Å². The van der Waals surface area contributed by atoms with E-state index < -0.39 is 66.2 Å². The van der Waals surface area contributed by atoms with Crippen molar-refractivity contribution in [3.05, 3.63) is 30.1 Å². The van der Waals surface area contributed by atoms with Gasteiger partial charge in [-0.15, -0.1) is 6.42 Å². The third kappa shape index (κ3) is 7.30. The van der Waals surface area contributed by atoms with Crippen LogP contribution in [0.25, 0.3) is 0 Å². The topological polar surface area (TPSA) is 163 Å². The average Bonchev–Trinajstić information content (AvgIpc) is 3.13. The largest absolute Gasteiger partial charge is 0.463 e. The summed E-state index contributed by atoms with van der Waals surface area (Å²) >= 11 is 0. The van der Waals surface area contributed by atoms with Gasteiger partial charge in [0, 0.05) is 39.6 Å². The van der Waals surface area contributed by atoms with Gasteiger partial charge in [0.2, 0.25) is 18.0 Å². The maximum absolute atomic E-state index is 13.3. The third-order valence-electron chi connectivity index (χ3n) is 5.45. The Morgan fingerprint density at radius 2 is 1.54 bits per heavy atom. The van der Waals surface area contributed by atoms with Crippen LogP contribution in [0, 0.1) is 12.3 Å². The highest BCUT2D eigenvalue weighted by Gasteiger charge is 2.64. The molecule has 0 radical (unpaired) electrons. The highest BCUT2D eigenvalue weighted by Crippen LogP contribution is 2.39. The van der Waals surface area contributed by atoms with Crippen LogP contribution in [-0.2, 0) is 63.6 Å². The van der Waals surface area contributed by atoms with Crippen molar-refractivity contribution >= 4 is 29.8 Å². The normalized spacial score (nSPS) is 22.2. The molecule has 0 aliphatic carbocycles. The molecular weight excluding hydrogens is 518 g/mol. The first-order valence-electron chi connectivity index (χ1n) is 12.0. The Bertz CT molecular complexity index is 1080. The van der Waals surface area contributed by atoms with Crippen LogP contribution >= 0.6 is 0 Å². The monoisotopic (exact) mass is 549 g/mol. The molecule has 1 saturated heterocycles. The number of aromatic nitrogens is 1. The number of carbonyl (C=O) groups excluding carboxylic acids is 5. The Morgan fingerprint density at radius 1 is 0.974 bits per heavy atom. The van der Waals surface area contributed by atoms with Crippen molar-refractivity contribution in [1.29, 1.82) is 0 Å². The fourth-order valence-corrected chi connectivity index (χ4v) is 3.92. The molecule has 1 aliphatic heterocycles. The van der Waals surface area contributed by atoms with Crippen LogP contribution in [-0.4, -0.2) is 84.4 Å². The summed E-state index contributed by atoms with van der Waals surface area (Å²) in [5.41, 5.74) is -4.06. The van der Waals surface area contributed by atoms with Crippen LogP contribution in [0.4, 0.5) is 0 Å². The molecule has 1 fully saturated rings. The smallest absolute Gasteiger partial charge is 0.350 e. The van der Waals surface area contributed by atoms with Gasteiger partial charge in [0.1, 0.15) is 6.10 Å². The van der Waals surface area contributed by atoms with Gasteiger partial charge in [0.15, 0.2) is 0 Å². The Labute approximate surface area is 225 Å². The SMILES string of the molecule is C#C[C@@]1(OC(C)=O)[C@@H](COC(Cc2ccncc2)(C(=O)OCC)C(=O)OCC)OC(OC(C)=O)[C@@H]1OC(C)=O. The molecule has 0 aromatic carbocycles. The van der Waals surface area contributed by atoms with Crippen LogP contribution in [0.15, 0.2) is 24.5 Å². The van der Waals surface area contributed by atoms with E-state index in [0.29, 0.717) is 5.56 Å².